The lowest BCUT2D eigenvalue weighted by molar-refractivity contribution is 0.0951. The Morgan fingerprint density at radius 2 is 1.62 bits per heavy atom. The third-order valence-corrected chi connectivity index (χ3v) is 5.46. The van der Waals surface area contributed by atoms with Crippen LogP contribution >= 0.6 is 0 Å². The summed E-state index contributed by atoms with van der Waals surface area (Å²) in [4.78, 5) is 12.3. The van der Waals surface area contributed by atoms with E-state index < -0.39 is 10.0 Å². The highest BCUT2D eigenvalue weighted by atomic mass is 32.2. The Bertz CT molecular complexity index is 844. The van der Waals surface area contributed by atoms with Crippen LogP contribution in [-0.4, -0.2) is 20.4 Å². The van der Waals surface area contributed by atoms with Gasteiger partial charge in [0.2, 0.25) is 10.0 Å². The molecule has 2 rings (SSSR count). The second-order valence-electron chi connectivity index (χ2n) is 6.53. The van der Waals surface area contributed by atoms with Crippen LogP contribution in [0.5, 0.6) is 0 Å². The molecule has 6 heteroatoms. The minimum absolute atomic E-state index is 0.109. The molecule has 140 valence electrons. The fourth-order valence-electron chi connectivity index (χ4n) is 2.65. The monoisotopic (exact) mass is 374 g/mol. The first-order chi connectivity index (χ1) is 12.3. The van der Waals surface area contributed by atoms with Gasteiger partial charge in [0.15, 0.2) is 0 Å². The first-order valence-electron chi connectivity index (χ1n) is 8.74. The fourth-order valence-corrected chi connectivity index (χ4v) is 4.14. The van der Waals surface area contributed by atoms with Crippen molar-refractivity contribution in [2.24, 2.45) is 0 Å². The van der Waals surface area contributed by atoms with Crippen LogP contribution in [0.15, 0.2) is 48.5 Å². The van der Waals surface area contributed by atoms with Crippen LogP contribution < -0.4 is 10.0 Å². The molecule has 0 heterocycles. The largest absolute Gasteiger partial charge is 0.348 e. The summed E-state index contributed by atoms with van der Waals surface area (Å²) in [5.74, 6) is -0.284. The maximum absolute atomic E-state index is 12.3. The van der Waals surface area contributed by atoms with E-state index in [-0.39, 0.29) is 24.2 Å². The molecule has 2 aromatic carbocycles. The number of sulfonamides is 1. The van der Waals surface area contributed by atoms with Crippen molar-refractivity contribution in [3.8, 4) is 0 Å². The molecule has 0 aliphatic rings. The molecule has 0 aliphatic carbocycles. The van der Waals surface area contributed by atoms with Crippen LogP contribution in [0.3, 0.4) is 0 Å². The molecule has 0 aliphatic heterocycles. The van der Waals surface area contributed by atoms with Gasteiger partial charge in [0.25, 0.3) is 5.91 Å². The van der Waals surface area contributed by atoms with Crippen LogP contribution in [0, 0.1) is 0 Å². The minimum atomic E-state index is -3.42. The standard InChI is InChI=1S/C20H26N2O3S/c1-4-16-9-11-17(12-10-16)20(23)21-13-18-7-5-6-8-19(18)14-26(24,25)22-15(2)3/h5-12,15,22H,4,13-14H2,1-3H3,(H,21,23). The van der Waals surface area contributed by atoms with Gasteiger partial charge in [-0.2, -0.15) is 0 Å². The molecular weight excluding hydrogens is 348 g/mol. The normalized spacial score (nSPS) is 11.5. The van der Waals surface area contributed by atoms with Crippen molar-refractivity contribution in [3.63, 3.8) is 0 Å². The number of benzene rings is 2. The van der Waals surface area contributed by atoms with Crippen LogP contribution in [0.4, 0.5) is 0 Å². The lowest BCUT2D eigenvalue weighted by atomic mass is 10.1. The van der Waals surface area contributed by atoms with Gasteiger partial charge in [-0.15, -0.1) is 0 Å². The number of carbonyl (C=O) groups excluding carboxylic acids is 1. The summed E-state index contributed by atoms with van der Waals surface area (Å²) in [5, 5.41) is 2.87. The van der Waals surface area contributed by atoms with Crippen molar-refractivity contribution in [2.75, 3.05) is 0 Å². The van der Waals surface area contributed by atoms with Gasteiger partial charge >= 0.3 is 0 Å². The Kier molecular flexibility index (Phi) is 6.94. The molecular formula is C20H26N2O3S. The predicted molar refractivity (Wildman–Crippen MR) is 104 cm³/mol. The Morgan fingerprint density at radius 1 is 1.00 bits per heavy atom. The second kappa shape index (κ2) is 8.96. The van der Waals surface area contributed by atoms with E-state index in [9.17, 15) is 13.2 Å². The minimum Gasteiger partial charge on any atom is -0.348 e. The smallest absolute Gasteiger partial charge is 0.251 e. The summed E-state index contributed by atoms with van der Waals surface area (Å²) in [6.45, 7) is 5.91. The molecule has 2 aromatic rings. The third-order valence-electron chi connectivity index (χ3n) is 3.94. The van der Waals surface area contributed by atoms with Crippen LogP contribution in [0.25, 0.3) is 0 Å². The van der Waals surface area contributed by atoms with E-state index in [1.165, 1.54) is 5.56 Å². The average Bonchev–Trinajstić information content (AvgIpc) is 2.59. The van der Waals surface area contributed by atoms with Crippen molar-refractivity contribution >= 4 is 15.9 Å². The lowest BCUT2D eigenvalue weighted by Crippen LogP contribution is -2.31. The summed E-state index contributed by atoms with van der Waals surface area (Å²) in [5.41, 5.74) is 3.24. The molecule has 26 heavy (non-hydrogen) atoms. The average molecular weight is 375 g/mol. The highest BCUT2D eigenvalue weighted by Gasteiger charge is 2.15. The van der Waals surface area contributed by atoms with Crippen molar-refractivity contribution < 1.29 is 13.2 Å². The summed E-state index contributed by atoms with van der Waals surface area (Å²) >= 11 is 0. The number of hydrogen-bond donors (Lipinski definition) is 2. The topological polar surface area (TPSA) is 75.3 Å². The highest BCUT2D eigenvalue weighted by molar-refractivity contribution is 7.88. The third kappa shape index (κ3) is 5.97. The number of rotatable bonds is 8. The van der Waals surface area contributed by atoms with Gasteiger partial charge < -0.3 is 5.32 Å². The van der Waals surface area contributed by atoms with Crippen LogP contribution in [-0.2, 0) is 28.7 Å². The molecule has 0 atom stereocenters. The Hall–Kier alpha value is -2.18. The van der Waals surface area contributed by atoms with Gasteiger partial charge in [0.1, 0.15) is 0 Å². The lowest BCUT2D eigenvalue weighted by Gasteiger charge is -2.13. The Morgan fingerprint density at radius 3 is 2.19 bits per heavy atom. The number of amides is 1. The van der Waals surface area contributed by atoms with Crippen molar-refractivity contribution in [2.45, 2.75) is 45.5 Å². The second-order valence-corrected chi connectivity index (χ2v) is 8.29. The molecule has 0 saturated heterocycles. The van der Waals surface area contributed by atoms with E-state index in [0.717, 1.165) is 12.0 Å². The molecule has 0 radical (unpaired) electrons. The molecule has 5 nitrogen and oxygen atoms in total. The summed E-state index contributed by atoms with van der Waals surface area (Å²) in [6, 6.07) is 14.6. The van der Waals surface area contributed by atoms with E-state index in [0.29, 0.717) is 11.1 Å². The van der Waals surface area contributed by atoms with Gasteiger partial charge in [-0.1, -0.05) is 43.3 Å². The predicted octanol–water partition coefficient (Wildman–Crippen LogP) is 3.01. The molecule has 0 saturated carbocycles. The summed E-state index contributed by atoms with van der Waals surface area (Å²) < 4.78 is 26.9. The summed E-state index contributed by atoms with van der Waals surface area (Å²) in [7, 11) is -3.42. The molecule has 0 fully saturated rings. The number of aryl methyl sites for hydroxylation is 1. The van der Waals surface area contributed by atoms with Gasteiger partial charge in [0.05, 0.1) is 5.75 Å². The Balaban J connectivity index is 2.06. The molecule has 2 N–H and O–H groups in total. The zero-order valence-electron chi connectivity index (χ0n) is 15.5. The van der Waals surface area contributed by atoms with Gasteiger partial charge in [-0.25, -0.2) is 13.1 Å². The molecule has 0 unspecified atom stereocenters. The van der Waals surface area contributed by atoms with Crippen molar-refractivity contribution in [1.82, 2.24) is 10.0 Å². The first-order valence-corrected chi connectivity index (χ1v) is 10.4. The molecule has 0 bridgehead atoms. The molecule has 1 amide bonds. The first kappa shape index (κ1) is 20.1. The maximum Gasteiger partial charge on any atom is 0.251 e. The van der Waals surface area contributed by atoms with E-state index in [1.807, 2.05) is 24.3 Å². The van der Waals surface area contributed by atoms with Gasteiger partial charge in [0, 0.05) is 18.2 Å². The van der Waals surface area contributed by atoms with E-state index in [2.05, 4.69) is 17.0 Å². The van der Waals surface area contributed by atoms with E-state index in [1.54, 1.807) is 38.1 Å². The fraction of sp³-hybridized carbons (Fsp3) is 0.350. The summed E-state index contributed by atoms with van der Waals surface area (Å²) in [6.07, 6.45) is 0.925. The van der Waals surface area contributed by atoms with Crippen LogP contribution in [0.1, 0.15) is 47.8 Å². The SMILES string of the molecule is CCc1ccc(C(=O)NCc2ccccc2CS(=O)(=O)NC(C)C)cc1. The number of hydrogen-bond acceptors (Lipinski definition) is 3. The van der Waals surface area contributed by atoms with E-state index >= 15 is 0 Å². The quantitative estimate of drug-likeness (QED) is 0.746. The highest BCUT2D eigenvalue weighted by Crippen LogP contribution is 2.13. The van der Waals surface area contributed by atoms with E-state index in [4.69, 9.17) is 0 Å². The van der Waals surface area contributed by atoms with Crippen molar-refractivity contribution in [1.29, 1.82) is 0 Å². The van der Waals surface area contributed by atoms with Crippen LogP contribution in [0.2, 0.25) is 0 Å². The van der Waals surface area contributed by atoms with Crippen molar-refractivity contribution in [3.05, 3.63) is 70.8 Å². The zero-order chi connectivity index (χ0) is 19.2. The maximum atomic E-state index is 12.3. The molecule has 0 aromatic heterocycles. The number of nitrogens with one attached hydrogen (secondary N) is 2. The number of carbonyl (C=O) groups is 1. The van der Waals surface area contributed by atoms with Gasteiger partial charge in [-0.05, 0) is 49.1 Å². The van der Waals surface area contributed by atoms with Gasteiger partial charge in [-0.3, -0.25) is 4.79 Å². The zero-order valence-corrected chi connectivity index (χ0v) is 16.3. The molecule has 0 spiro atoms. The Labute approximate surface area is 155 Å².